The van der Waals surface area contributed by atoms with Crippen LogP contribution in [-0.2, 0) is 0 Å². The number of hydrogen-bond donors (Lipinski definition) is 0. The Balaban J connectivity index is 2.50. The Kier molecular flexibility index (Phi) is 5.16. The molecule has 80 valence electrons. The van der Waals surface area contributed by atoms with Gasteiger partial charge in [0.1, 0.15) is 0 Å². The molecule has 0 aliphatic carbocycles. The van der Waals surface area contributed by atoms with Crippen LogP contribution in [0.2, 0.25) is 0 Å². The zero-order valence-electron chi connectivity index (χ0n) is 9.55. The molecule has 0 aliphatic rings. The number of hydrogen-bond acceptors (Lipinski definition) is 2. The van der Waals surface area contributed by atoms with Crippen LogP contribution in [0.1, 0.15) is 63.1 Å². The first-order valence-electron chi connectivity index (χ1n) is 5.70. The van der Waals surface area contributed by atoms with Crippen LogP contribution in [0.25, 0.3) is 0 Å². The molecule has 1 aromatic heterocycles. The number of unbranched alkanes of at least 4 members (excludes halogenated alkanes) is 2. The van der Waals surface area contributed by atoms with E-state index in [1.807, 2.05) is 0 Å². The van der Waals surface area contributed by atoms with Crippen molar-refractivity contribution in [3.8, 4) is 0 Å². The normalized spacial score (nSPS) is 13.1. The quantitative estimate of drug-likeness (QED) is 0.630. The average Bonchev–Trinajstić information content (AvgIpc) is 2.60. The largest absolute Gasteiger partial charge is 0.198 e. The van der Waals surface area contributed by atoms with Gasteiger partial charge in [0.15, 0.2) is 0 Å². The molecule has 1 nitrogen and oxygen atoms in total. The van der Waals surface area contributed by atoms with E-state index in [4.69, 9.17) is 0 Å². The fourth-order valence-corrected chi connectivity index (χ4v) is 2.70. The number of rotatable bonds is 6. The Bertz CT molecular complexity index is 255. The van der Waals surface area contributed by atoms with Crippen LogP contribution in [-0.4, -0.2) is 4.37 Å². The molecule has 1 atom stereocenters. The highest BCUT2D eigenvalue weighted by Crippen LogP contribution is 2.28. The van der Waals surface area contributed by atoms with Gasteiger partial charge in [-0.3, -0.25) is 0 Å². The summed E-state index contributed by atoms with van der Waals surface area (Å²) in [5.41, 5.74) is 2.74. The molecule has 14 heavy (non-hydrogen) atoms. The first-order valence-corrected chi connectivity index (χ1v) is 6.54. The SMILES string of the molecule is CCCCCC(CC)c1csnc1C. The van der Waals surface area contributed by atoms with Crippen molar-refractivity contribution < 1.29 is 0 Å². The smallest absolute Gasteiger partial charge is 0.0545 e. The summed E-state index contributed by atoms with van der Waals surface area (Å²) in [4.78, 5) is 0. The van der Waals surface area contributed by atoms with Crippen LogP contribution in [0.5, 0.6) is 0 Å². The minimum absolute atomic E-state index is 0.750. The van der Waals surface area contributed by atoms with E-state index >= 15 is 0 Å². The predicted molar refractivity (Wildman–Crippen MR) is 64.0 cm³/mol. The van der Waals surface area contributed by atoms with E-state index in [0.29, 0.717) is 0 Å². The lowest BCUT2D eigenvalue weighted by atomic mass is 9.92. The van der Waals surface area contributed by atoms with Gasteiger partial charge >= 0.3 is 0 Å². The molecule has 1 rings (SSSR count). The molecule has 1 heterocycles. The Hall–Kier alpha value is -0.370. The highest BCUT2D eigenvalue weighted by atomic mass is 32.1. The lowest BCUT2D eigenvalue weighted by molar-refractivity contribution is 0.552. The summed E-state index contributed by atoms with van der Waals surface area (Å²) in [5, 5.41) is 2.23. The van der Waals surface area contributed by atoms with Crippen LogP contribution in [0.3, 0.4) is 0 Å². The number of aromatic nitrogens is 1. The Labute approximate surface area is 91.7 Å². The highest BCUT2D eigenvalue weighted by Gasteiger charge is 2.12. The summed E-state index contributed by atoms with van der Waals surface area (Å²) in [6.07, 6.45) is 6.64. The monoisotopic (exact) mass is 211 g/mol. The van der Waals surface area contributed by atoms with Crippen LogP contribution >= 0.6 is 11.5 Å². The van der Waals surface area contributed by atoms with Gasteiger partial charge in [-0.1, -0.05) is 33.1 Å². The standard InChI is InChI=1S/C12H21NS/c1-4-6-7-8-11(5-2)12-9-14-13-10(12)3/h9,11H,4-8H2,1-3H3. The van der Waals surface area contributed by atoms with Crippen molar-refractivity contribution in [1.29, 1.82) is 0 Å². The van der Waals surface area contributed by atoms with Crippen molar-refractivity contribution in [1.82, 2.24) is 4.37 Å². The van der Waals surface area contributed by atoms with Crippen LogP contribution in [0.4, 0.5) is 0 Å². The molecule has 0 aliphatic heterocycles. The molecule has 0 aromatic carbocycles. The van der Waals surface area contributed by atoms with E-state index in [1.54, 1.807) is 11.5 Å². The molecule has 1 aromatic rings. The second-order valence-electron chi connectivity index (χ2n) is 3.96. The first-order chi connectivity index (χ1) is 6.79. The molecule has 2 heteroatoms. The summed E-state index contributed by atoms with van der Waals surface area (Å²) in [6.45, 7) is 6.68. The Morgan fingerprint density at radius 2 is 2.14 bits per heavy atom. The van der Waals surface area contributed by atoms with Gasteiger partial charge in [-0.15, -0.1) is 0 Å². The van der Waals surface area contributed by atoms with Crippen molar-refractivity contribution in [3.05, 3.63) is 16.6 Å². The van der Waals surface area contributed by atoms with Gasteiger partial charge in [-0.2, -0.15) is 4.37 Å². The van der Waals surface area contributed by atoms with Crippen molar-refractivity contribution in [2.45, 2.75) is 58.8 Å². The zero-order chi connectivity index (χ0) is 10.4. The van der Waals surface area contributed by atoms with Gasteiger partial charge in [0.2, 0.25) is 0 Å². The summed E-state index contributed by atoms with van der Waals surface area (Å²) in [5.74, 6) is 0.750. The molecule has 1 unspecified atom stereocenters. The molecule has 0 bridgehead atoms. The Morgan fingerprint density at radius 3 is 2.64 bits per heavy atom. The topological polar surface area (TPSA) is 12.9 Å². The molecule has 0 saturated carbocycles. The molecular formula is C12H21NS. The van der Waals surface area contributed by atoms with E-state index in [0.717, 1.165) is 5.92 Å². The molecule has 0 amide bonds. The lowest BCUT2D eigenvalue weighted by Crippen LogP contribution is -1.98. The van der Waals surface area contributed by atoms with Gasteiger partial charge in [-0.25, -0.2) is 0 Å². The van der Waals surface area contributed by atoms with E-state index < -0.39 is 0 Å². The molecule has 0 saturated heterocycles. The molecular weight excluding hydrogens is 190 g/mol. The lowest BCUT2D eigenvalue weighted by Gasteiger charge is -2.13. The minimum atomic E-state index is 0.750. The van der Waals surface area contributed by atoms with Gasteiger partial charge in [-0.05, 0) is 42.8 Å². The van der Waals surface area contributed by atoms with Crippen LogP contribution < -0.4 is 0 Å². The second-order valence-corrected chi connectivity index (χ2v) is 4.59. The van der Waals surface area contributed by atoms with Crippen molar-refractivity contribution >= 4 is 11.5 Å². The number of nitrogens with zero attached hydrogens (tertiary/aromatic N) is 1. The van der Waals surface area contributed by atoms with Crippen molar-refractivity contribution in [2.24, 2.45) is 0 Å². The second kappa shape index (κ2) is 6.18. The third-order valence-corrected chi connectivity index (χ3v) is 3.61. The average molecular weight is 211 g/mol. The summed E-state index contributed by atoms with van der Waals surface area (Å²) in [7, 11) is 0. The van der Waals surface area contributed by atoms with Gasteiger partial charge < -0.3 is 0 Å². The van der Waals surface area contributed by atoms with Gasteiger partial charge in [0.05, 0.1) is 5.69 Å². The van der Waals surface area contributed by atoms with Gasteiger partial charge in [0.25, 0.3) is 0 Å². The number of aryl methyl sites for hydroxylation is 1. The highest BCUT2D eigenvalue weighted by molar-refractivity contribution is 7.03. The fraction of sp³-hybridized carbons (Fsp3) is 0.750. The molecule has 0 spiro atoms. The fourth-order valence-electron chi connectivity index (χ4n) is 1.91. The molecule has 0 N–H and O–H groups in total. The van der Waals surface area contributed by atoms with Crippen LogP contribution in [0, 0.1) is 6.92 Å². The summed E-state index contributed by atoms with van der Waals surface area (Å²) in [6, 6.07) is 0. The maximum absolute atomic E-state index is 4.36. The Morgan fingerprint density at radius 1 is 1.36 bits per heavy atom. The predicted octanol–water partition coefficient (Wildman–Crippen LogP) is 4.53. The summed E-state index contributed by atoms with van der Waals surface area (Å²) >= 11 is 1.60. The maximum Gasteiger partial charge on any atom is 0.0545 e. The van der Waals surface area contributed by atoms with Crippen molar-refractivity contribution in [2.75, 3.05) is 0 Å². The molecule has 0 fully saturated rings. The van der Waals surface area contributed by atoms with Crippen molar-refractivity contribution in [3.63, 3.8) is 0 Å². The maximum atomic E-state index is 4.36. The van der Waals surface area contributed by atoms with Gasteiger partial charge in [0, 0.05) is 5.38 Å². The van der Waals surface area contributed by atoms with E-state index in [9.17, 15) is 0 Å². The van der Waals surface area contributed by atoms with Crippen LogP contribution in [0.15, 0.2) is 5.38 Å². The third-order valence-electron chi connectivity index (χ3n) is 2.88. The molecule has 0 radical (unpaired) electrons. The zero-order valence-corrected chi connectivity index (χ0v) is 10.4. The first kappa shape index (κ1) is 11.7. The van der Waals surface area contributed by atoms with E-state index in [1.165, 1.54) is 43.4 Å². The third kappa shape index (κ3) is 3.09. The van der Waals surface area contributed by atoms with E-state index in [-0.39, 0.29) is 0 Å². The summed E-state index contributed by atoms with van der Waals surface area (Å²) < 4.78 is 4.36. The van der Waals surface area contributed by atoms with E-state index in [2.05, 4.69) is 30.5 Å². The minimum Gasteiger partial charge on any atom is -0.198 e.